The van der Waals surface area contributed by atoms with Crippen molar-refractivity contribution >= 4 is 11.6 Å². The summed E-state index contributed by atoms with van der Waals surface area (Å²) in [5.41, 5.74) is 3.28. The molecule has 2 aromatic heterocycles. The second-order valence-electron chi connectivity index (χ2n) is 4.30. The molecule has 0 spiro atoms. The maximum absolute atomic E-state index is 6.37. The van der Waals surface area contributed by atoms with Crippen LogP contribution >= 0.6 is 11.6 Å². The van der Waals surface area contributed by atoms with E-state index in [1.54, 1.807) is 0 Å². The molecule has 3 heteroatoms. The van der Waals surface area contributed by atoms with Crippen molar-refractivity contribution in [1.29, 1.82) is 0 Å². The minimum absolute atomic E-state index is 0.829. The van der Waals surface area contributed by atoms with E-state index in [0.29, 0.717) is 0 Å². The van der Waals surface area contributed by atoms with Gasteiger partial charge in [0.25, 0.3) is 0 Å². The molecule has 0 unspecified atom stereocenters. The Morgan fingerprint density at radius 1 is 1.00 bits per heavy atom. The van der Waals surface area contributed by atoms with Gasteiger partial charge in [0.15, 0.2) is 0 Å². The van der Waals surface area contributed by atoms with E-state index >= 15 is 0 Å². The molecule has 2 rings (SSSR count). The highest BCUT2D eigenvalue weighted by Crippen LogP contribution is 2.21. The van der Waals surface area contributed by atoms with Gasteiger partial charge in [0.05, 0.1) is 10.7 Å². The zero-order valence-electron chi connectivity index (χ0n) is 10.6. The van der Waals surface area contributed by atoms with E-state index in [0.717, 1.165) is 42.1 Å². The largest absolute Gasteiger partial charge is 0.261 e. The van der Waals surface area contributed by atoms with Gasteiger partial charge in [-0.3, -0.25) is 9.97 Å². The summed E-state index contributed by atoms with van der Waals surface area (Å²) >= 11 is 6.37. The molecule has 0 aliphatic heterocycles. The molecule has 0 saturated carbocycles. The first kappa shape index (κ1) is 13.0. The van der Waals surface area contributed by atoms with Gasteiger partial charge in [-0.2, -0.15) is 0 Å². The Kier molecular flexibility index (Phi) is 4.71. The van der Waals surface area contributed by atoms with E-state index in [1.165, 1.54) is 5.56 Å². The van der Waals surface area contributed by atoms with E-state index < -0.39 is 0 Å². The van der Waals surface area contributed by atoms with Gasteiger partial charge < -0.3 is 0 Å². The quantitative estimate of drug-likeness (QED) is 0.816. The molecule has 0 bridgehead atoms. The van der Waals surface area contributed by atoms with Gasteiger partial charge in [-0.15, -0.1) is 0 Å². The normalized spacial score (nSPS) is 10.6. The van der Waals surface area contributed by atoms with E-state index in [1.807, 2.05) is 36.7 Å². The molecule has 2 aromatic rings. The summed E-state index contributed by atoms with van der Waals surface area (Å²) in [6.45, 7) is 2.14. The van der Waals surface area contributed by atoms with Crippen LogP contribution < -0.4 is 0 Å². The summed E-state index contributed by atoms with van der Waals surface area (Å²) in [5, 5.41) is 0.829. The number of hydrogen-bond donors (Lipinski definition) is 0. The smallest absolute Gasteiger partial charge is 0.0653 e. The topological polar surface area (TPSA) is 25.8 Å². The van der Waals surface area contributed by atoms with Gasteiger partial charge in [-0.05, 0) is 43.0 Å². The minimum atomic E-state index is 0.829. The number of pyridine rings is 2. The summed E-state index contributed by atoms with van der Waals surface area (Å²) in [6.07, 6.45) is 7.51. The van der Waals surface area contributed by atoms with E-state index in [2.05, 4.69) is 16.9 Å². The van der Waals surface area contributed by atoms with Crippen molar-refractivity contribution in [2.75, 3.05) is 0 Å². The molecule has 18 heavy (non-hydrogen) atoms. The fraction of sp³-hybridized carbons (Fsp3) is 0.333. The van der Waals surface area contributed by atoms with Gasteiger partial charge in [0.1, 0.15) is 0 Å². The molecule has 0 fully saturated rings. The number of rotatable bonds is 5. The monoisotopic (exact) mass is 260 g/mol. The Labute approximate surface area is 113 Å². The Morgan fingerprint density at radius 2 is 1.89 bits per heavy atom. The highest BCUT2D eigenvalue weighted by atomic mass is 35.5. The summed E-state index contributed by atoms with van der Waals surface area (Å²) in [4.78, 5) is 8.66. The van der Waals surface area contributed by atoms with Crippen LogP contribution in [0.25, 0.3) is 0 Å². The number of halogens is 1. The molecule has 2 nitrogen and oxygen atoms in total. The zero-order valence-corrected chi connectivity index (χ0v) is 11.3. The lowest BCUT2D eigenvalue weighted by molar-refractivity contribution is 0.863. The van der Waals surface area contributed by atoms with Crippen LogP contribution in [0.2, 0.25) is 5.02 Å². The van der Waals surface area contributed by atoms with Crippen LogP contribution in [0.1, 0.15) is 30.3 Å². The van der Waals surface area contributed by atoms with Gasteiger partial charge in [-0.25, -0.2) is 0 Å². The number of hydrogen-bond acceptors (Lipinski definition) is 2. The van der Waals surface area contributed by atoms with E-state index in [9.17, 15) is 0 Å². The van der Waals surface area contributed by atoms with Crippen molar-refractivity contribution < 1.29 is 0 Å². The predicted octanol–water partition coefficient (Wildman–Crippen LogP) is 3.87. The van der Waals surface area contributed by atoms with E-state index in [-0.39, 0.29) is 0 Å². The van der Waals surface area contributed by atoms with Crippen LogP contribution in [0.4, 0.5) is 0 Å². The summed E-state index contributed by atoms with van der Waals surface area (Å²) in [5.74, 6) is 0. The van der Waals surface area contributed by atoms with Crippen LogP contribution in [-0.4, -0.2) is 9.97 Å². The molecule has 0 saturated heterocycles. The molecule has 0 radical (unpaired) electrons. The second kappa shape index (κ2) is 6.50. The van der Waals surface area contributed by atoms with Gasteiger partial charge in [0, 0.05) is 18.1 Å². The Hall–Kier alpha value is -1.41. The molecule has 0 aliphatic rings. The fourth-order valence-electron chi connectivity index (χ4n) is 1.95. The molecular weight excluding hydrogens is 244 g/mol. The predicted molar refractivity (Wildman–Crippen MR) is 74.9 cm³/mol. The third-order valence-electron chi connectivity index (χ3n) is 2.90. The van der Waals surface area contributed by atoms with Crippen LogP contribution in [0.3, 0.4) is 0 Å². The molecule has 0 aromatic carbocycles. The lowest BCUT2D eigenvalue weighted by Gasteiger charge is -2.07. The van der Waals surface area contributed by atoms with Crippen LogP contribution in [0.5, 0.6) is 0 Å². The summed E-state index contributed by atoms with van der Waals surface area (Å²) < 4.78 is 0. The zero-order chi connectivity index (χ0) is 12.8. The third-order valence-corrected chi connectivity index (χ3v) is 3.37. The van der Waals surface area contributed by atoms with Crippen molar-refractivity contribution in [3.8, 4) is 0 Å². The maximum Gasteiger partial charge on any atom is 0.0653 e. The standard InChI is InChI=1S/C15H17ClN2/c1-2-5-14-15(16)12(9-11-18-14)7-8-13-6-3-4-10-17-13/h3-4,6,9-11H,2,5,7-8H2,1H3. The van der Waals surface area contributed by atoms with E-state index in [4.69, 9.17) is 11.6 Å². The maximum atomic E-state index is 6.37. The first-order valence-electron chi connectivity index (χ1n) is 6.33. The van der Waals surface area contributed by atoms with Gasteiger partial charge in [-0.1, -0.05) is 31.0 Å². The number of nitrogens with zero attached hydrogens (tertiary/aromatic N) is 2. The average Bonchev–Trinajstić information content (AvgIpc) is 2.41. The SMILES string of the molecule is CCCc1nccc(CCc2ccccn2)c1Cl. The summed E-state index contributed by atoms with van der Waals surface area (Å²) in [6, 6.07) is 7.99. The van der Waals surface area contributed by atoms with Crippen molar-refractivity contribution in [3.05, 3.63) is 58.6 Å². The Balaban J connectivity index is 2.08. The first-order chi connectivity index (χ1) is 8.81. The number of aryl methyl sites for hydroxylation is 3. The minimum Gasteiger partial charge on any atom is -0.261 e. The lowest BCUT2D eigenvalue weighted by atomic mass is 10.1. The van der Waals surface area contributed by atoms with Crippen LogP contribution in [0.15, 0.2) is 36.7 Å². The average molecular weight is 261 g/mol. The Bertz CT molecular complexity index is 497. The molecule has 0 aliphatic carbocycles. The van der Waals surface area contributed by atoms with Gasteiger partial charge >= 0.3 is 0 Å². The first-order valence-corrected chi connectivity index (χ1v) is 6.71. The molecule has 0 N–H and O–H groups in total. The third kappa shape index (κ3) is 3.30. The number of aromatic nitrogens is 2. The highest BCUT2D eigenvalue weighted by Gasteiger charge is 2.07. The molecular formula is C15H17ClN2. The highest BCUT2D eigenvalue weighted by molar-refractivity contribution is 6.32. The van der Waals surface area contributed by atoms with Gasteiger partial charge in [0.2, 0.25) is 0 Å². The Morgan fingerprint density at radius 3 is 2.61 bits per heavy atom. The molecule has 0 atom stereocenters. The second-order valence-corrected chi connectivity index (χ2v) is 4.68. The van der Waals surface area contributed by atoms with Crippen LogP contribution in [-0.2, 0) is 19.3 Å². The van der Waals surface area contributed by atoms with Crippen molar-refractivity contribution in [2.24, 2.45) is 0 Å². The fourth-order valence-corrected chi connectivity index (χ4v) is 2.25. The lowest BCUT2D eigenvalue weighted by Crippen LogP contribution is -1.98. The van der Waals surface area contributed by atoms with Crippen molar-refractivity contribution in [3.63, 3.8) is 0 Å². The summed E-state index contributed by atoms with van der Waals surface area (Å²) in [7, 11) is 0. The van der Waals surface area contributed by atoms with Crippen LogP contribution in [0, 0.1) is 0 Å². The van der Waals surface area contributed by atoms with Crippen molar-refractivity contribution in [2.45, 2.75) is 32.6 Å². The van der Waals surface area contributed by atoms with Crippen molar-refractivity contribution in [1.82, 2.24) is 9.97 Å². The molecule has 94 valence electrons. The molecule has 2 heterocycles. The molecule has 0 amide bonds.